The Morgan fingerprint density at radius 1 is 1.12 bits per heavy atom. The van der Waals surface area contributed by atoms with Crippen LogP contribution in [0, 0.1) is 0 Å². The molecule has 96 valence electrons. The predicted octanol–water partition coefficient (Wildman–Crippen LogP) is 1.07. The number of nitrogens with one attached hydrogen (secondary N) is 1. The molecule has 0 saturated carbocycles. The molecule has 6 nitrogen and oxygen atoms in total. The Hall–Kier alpha value is -1.56. The first-order valence-corrected chi connectivity index (χ1v) is 5.62. The largest absolute Gasteiger partial charge is 0.481 e. The lowest BCUT2D eigenvalue weighted by Gasteiger charge is -2.08. The van der Waals surface area contributed by atoms with Gasteiger partial charge < -0.3 is 19.9 Å². The molecule has 0 aliphatic carbocycles. The first kappa shape index (κ1) is 13.5. The second-order valence-electron chi connectivity index (χ2n) is 3.49. The molecule has 17 heavy (non-hydrogen) atoms. The van der Waals surface area contributed by atoms with Crippen molar-refractivity contribution in [2.24, 2.45) is 0 Å². The number of ether oxygens (including phenoxy) is 2. The molecule has 0 unspecified atom stereocenters. The minimum atomic E-state index is 0.240. The van der Waals surface area contributed by atoms with Gasteiger partial charge in [-0.25, -0.2) is 0 Å². The van der Waals surface area contributed by atoms with Crippen molar-refractivity contribution in [3.63, 3.8) is 0 Å². The molecule has 0 bridgehead atoms. The minimum Gasteiger partial charge on any atom is -0.481 e. The average Bonchev–Trinajstić information content (AvgIpc) is 2.38. The molecule has 0 radical (unpaired) electrons. The fourth-order valence-corrected chi connectivity index (χ4v) is 1.31. The van der Waals surface area contributed by atoms with Gasteiger partial charge in [0, 0.05) is 13.2 Å². The van der Waals surface area contributed by atoms with Crippen LogP contribution in [-0.4, -0.2) is 42.4 Å². The summed E-state index contributed by atoms with van der Waals surface area (Å²) in [6, 6.07) is 1.62. The highest BCUT2D eigenvalue weighted by molar-refractivity contribution is 5.33. The molecule has 0 spiro atoms. The van der Waals surface area contributed by atoms with E-state index in [0.29, 0.717) is 17.7 Å². The van der Waals surface area contributed by atoms with Gasteiger partial charge >= 0.3 is 0 Å². The van der Waals surface area contributed by atoms with Gasteiger partial charge in [0.15, 0.2) is 0 Å². The molecule has 0 aliphatic heterocycles. The Morgan fingerprint density at radius 2 is 1.76 bits per heavy atom. The number of hydrogen-bond acceptors (Lipinski definition) is 6. The number of aromatic nitrogens is 2. The summed E-state index contributed by atoms with van der Waals surface area (Å²) in [5.74, 6) is 1.43. The van der Waals surface area contributed by atoms with Crippen LogP contribution in [0.3, 0.4) is 0 Å². The fourth-order valence-electron chi connectivity index (χ4n) is 1.31. The summed E-state index contributed by atoms with van der Waals surface area (Å²) in [5, 5.41) is 11.7. The highest BCUT2D eigenvalue weighted by Gasteiger charge is 2.04. The van der Waals surface area contributed by atoms with E-state index in [0.717, 1.165) is 25.8 Å². The number of nitrogens with zero attached hydrogens (tertiary/aromatic N) is 2. The van der Waals surface area contributed by atoms with Crippen LogP contribution in [0.5, 0.6) is 11.8 Å². The molecule has 1 aromatic heterocycles. The van der Waals surface area contributed by atoms with Crippen LogP contribution in [0.4, 0.5) is 5.95 Å². The highest BCUT2D eigenvalue weighted by atomic mass is 16.5. The predicted molar refractivity (Wildman–Crippen MR) is 64.6 cm³/mol. The zero-order valence-corrected chi connectivity index (χ0v) is 10.3. The SMILES string of the molecule is COc1cc(OC)nc(NCCCCCO)n1. The van der Waals surface area contributed by atoms with E-state index in [2.05, 4.69) is 15.3 Å². The highest BCUT2D eigenvalue weighted by Crippen LogP contribution is 2.17. The molecule has 0 fully saturated rings. The maximum atomic E-state index is 8.64. The van der Waals surface area contributed by atoms with Gasteiger partial charge in [0.2, 0.25) is 17.7 Å². The van der Waals surface area contributed by atoms with Crippen LogP contribution in [-0.2, 0) is 0 Å². The summed E-state index contributed by atoms with van der Waals surface area (Å²) in [6.07, 6.45) is 2.76. The lowest BCUT2D eigenvalue weighted by Crippen LogP contribution is -2.07. The summed E-state index contributed by atoms with van der Waals surface area (Å²) in [6.45, 7) is 1.000. The van der Waals surface area contributed by atoms with Crippen molar-refractivity contribution >= 4 is 5.95 Å². The van der Waals surface area contributed by atoms with Gasteiger partial charge in [-0.05, 0) is 19.3 Å². The Balaban J connectivity index is 2.46. The van der Waals surface area contributed by atoms with Crippen molar-refractivity contribution in [1.82, 2.24) is 9.97 Å². The Kier molecular flexibility index (Phi) is 6.09. The van der Waals surface area contributed by atoms with E-state index in [4.69, 9.17) is 14.6 Å². The molecule has 1 aromatic rings. The van der Waals surface area contributed by atoms with Gasteiger partial charge in [0.05, 0.1) is 20.3 Å². The van der Waals surface area contributed by atoms with Gasteiger partial charge in [0.25, 0.3) is 0 Å². The molecule has 0 aliphatic rings. The third-order valence-electron chi connectivity index (χ3n) is 2.22. The van der Waals surface area contributed by atoms with Crippen LogP contribution < -0.4 is 14.8 Å². The van der Waals surface area contributed by atoms with Gasteiger partial charge in [0.1, 0.15) is 0 Å². The van der Waals surface area contributed by atoms with E-state index < -0.39 is 0 Å². The first-order valence-electron chi connectivity index (χ1n) is 5.62. The van der Waals surface area contributed by atoms with Crippen molar-refractivity contribution in [2.45, 2.75) is 19.3 Å². The molecule has 0 amide bonds. The standard InChI is InChI=1S/C11H19N3O3/c1-16-9-8-10(17-2)14-11(13-9)12-6-4-3-5-7-15/h8,15H,3-7H2,1-2H3,(H,12,13,14). The van der Waals surface area contributed by atoms with Crippen LogP contribution in [0.1, 0.15) is 19.3 Å². The van der Waals surface area contributed by atoms with E-state index in [-0.39, 0.29) is 6.61 Å². The molecular weight excluding hydrogens is 222 g/mol. The number of rotatable bonds is 8. The molecule has 0 atom stereocenters. The maximum absolute atomic E-state index is 8.64. The van der Waals surface area contributed by atoms with Crippen molar-refractivity contribution < 1.29 is 14.6 Å². The zero-order chi connectivity index (χ0) is 12.5. The third kappa shape index (κ3) is 4.86. The number of aliphatic hydroxyl groups excluding tert-OH is 1. The number of methoxy groups -OCH3 is 2. The lowest BCUT2D eigenvalue weighted by atomic mass is 10.2. The molecule has 0 saturated heterocycles. The van der Waals surface area contributed by atoms with Gasteiger partial charge in [-0.1, -0.05) is 0 Å². The molecule has 1 rings (SSSR count). The third-order valence-corrected chi connectivity index (χ3v) is 2.22. The smallest absolute Gasteiger partial charge is 0.229 e. The van der Waals surface area contributed by atoms with Crippen molar-refractivity contribution in [3.8, 4) is 11.8 Å². The molecule has 0 aromatic carbocycles. The van der Waals surface area contributed by atoms with E-state index in [9.17, 15) is 0 Å². The van der Waals surface area contributed by atoms with Crippen molar-refractivity contribution in [3.05, 3.63) is 6.07 Å². The number of unbranched alkanes of at least 4 members (excludes halogenated alkanes) is 2. The van der Waals surface area contributed by atoms with Gasteiger partial charge in [-0.15, -0.1) is 0 Å². The minimum absolute atomic E-state index is 0.240. The monoisotopic (exact) mass is 241 g/mol. The molecule has 2 N–H and O–H groups in total. The summed E-state index contributed by atoms with van der Waals surface area (Å²) in [7, 11) is 3.10. The Morgan fingerprint density at radius 3 is 2.29 bits per heavy atom. The van der Waals surface area contributed by atoms with Crippen LogP contribution in [0.2, 0.25) is 0 Å². The second kappa shape index (κ2) is 7.67. The lowest BCUT2D eigenvalue weighted by molar-refractivity contribution is 0.283. The first-order chi connectivity index (χ1) is 8.30. The summed E-state index contributed by atoms with van der Waals surface area (Å²) < 4.78 is 10.1. The number of hydrogen-bond donors (Lipinski definition) is 2. The summed E-state index contributed by atoms with van der Waals surface area (Å²) in [4.78, 5) is 8.29. The maximum Gasteiger partial charge on any atom is 0.229 e. The number of aliphatic hydroxyl groups is 1. The van der Waals surface area contributed by atoms with Crippen LogP contribution >= 0.6 is 0 Å². The fraction of sp³-hybridized carbons (Fsp3) is 0.636. The average molecular weight is 241 g/mol. The van der Waals surface area contributed by atoms with E-state index in [1.54, 1.807) is 20.3 Å². The number of anilines is 1. The van der Waals surface area contributed by atoms with Crippen LogP contribution in [0.15, 0.2) is 6.07 Å². The molecule has 6 heteroatoms. The molecule has 1 heterocycles. The molecular formula is C11H19N3O3. The van der Waals surface area contributed by atoms with E-state index >= 15 is 0 Å². The van der Waals surface area contributed by atoms with Gasteiger partial charge in [-0.2, -0.15) is 9.97 Å². The van der Waals surface area contributed by atoms with Crippen molar-refractivity contribution in [1.29, 1.82) is 0 Å². The van der Waals surface area contributed by atoms with Crippen molar-refractivity contribution in [2.75, 3.05) is 32.7 Å². The summed E-state index contributed by atoms with van der Waals surface area (Å²) in [5.41, 5.74) is 0. The second-order valence-corrected chi connectivity index (χ2v) is 3.49. The van der Waals surface area contributed by atoms with E-state index in [1.165, 1.54) is 0 Å². The topological polar surface area (TPSA) is 76.5 Å². The Labute approximate surface area is 101 Å². The van der Waals surface area contributed by atoms with E-state index in [1.807, 2.05) is 0 Å². The summed E-state index contributed by atoms with van der Waals surface area (Å²) >= 11 is 0. The van der Waals surface area contributed by atoms with Gasteiger partial charge in [-0.3, -0.25) is 0 Å². The quantitative estimate of drug-likeness (QED) is 0.663. The normalized spacial score (nSPS) is 10.1. The van der Waals surface area contributed by atoms with Crippen LogP contribution in [0.25, 0.3) is 0 Å². The zero-order valence-electron chi connectivity index (χ0n) is 10.3. The Bertz CT molecular complexity index is 311.